The van der Waals surface area contributed by atoms with Gasteiger partial charge in [0.1, 0.15) is 11.4 Å². The van der Waals surface area contributed by atoms with E-state index in [1.165, 1.54) is 17.2 Å². The minimum absolute atomic E-state index is 0.0772. The van der Waals surface area contributed by atoms with E-state index in [4.69, 9.17) is 9.84 Å². The van der Waals surface area contributed by atoms with Gasteiger partial charge in [-0.25, -0.2) is 14.6 Å². The van der Waals surface area contributed by atoms with Crippen molar-refractivity contribution in [3.63, 3.8) is 0 Å². The Morgan fingerprint density at radius 3 is 2.34 bits per heavy atom. The van der Waals surface area contributed by atoms with Crippen molar-refractivity contribution in [2.75, 3.05) is 18.0 Å². The summed E-state index contributed by atoms with van der Waals surface area (Å²) in [5.41, 5.74) is 2.69. The standard InChI is InChI=1S/C28H37N3O4/c1-27(2,3)22-11-7-21(8-12-22)18-30-16-15-23(19-30)31(26(34)35-28(4,5)6)24-13-9-20(17-29-24)10-14-25(32)33/h7-14,17,23H,15-16,18-19H2,1-6H3,(H,32,33)/b14-10+/t23-/m1/s1. The summed E-state index contributed by atoms with van der Waals surface area (Å²) in [6.45, 7) is 14.6. The van der Waals surface area contributed by atoms with Gasteiger partial charge in [0.15, 0.2) is 0 Å². The number of nitrogens with zero attached hydrogens (tertiary/aromatic N) is 3. The lowest BCUT2D eigenvalue weighted by Crippen LogP contribution is -2.45. The molecule has 2 heterocycles. The third kappa shape index (κ3) is 7.65. The first-order chi connectivity index (χ1) is 16.3. The van der Waals surface area contributed by atoms with Crippen molar-refractivity contribution < 1.29 is 19.4 Å². The molecule has 188 valence electrons. The van der Waals surface area contributed by atoms with Gasteiger partial charge in [-0.1, -0.05) is 45.0 Å². The van der Waals surface area contributed by atoms with E-state index in [2.05, 4.69) is 54.9 Å². The second kappa shape index (κ2) is 10.6. The van der Waals surface area contributed by atoms with Gasteiger partial charge in [0.25, 0.3) is 0 Å². The summed E-state index contributed by atoms with van der Waals surface area (Å²) in [6.07, 6.45) is 4.47. The summed E-state index contributed by atoms with van der Waals surface area (Å²) in [5, 5.41) is 8.84. The molecule has 7 nitrogen and oxygen atoms in total. The Balaban J connectivity index is 1.76. The number of aliphatic carboxylic acids is 1. The summed E-state index contributed by atoms with van der Waals surface area (Å²) >= 11 is 0. The normalized spacial score (nSPS) is 17.0. The minimum Gasteiger partial charge on any atom is -0.478 e. The lowest BCUT2D eigenvalue weighted by Gasteiger charge is -2.31. The van der Waals surface area contributed by atoms with Crippen molar-refractivity contribution in [2.24, 2.45) is 0 Å². The SMILES string of the molecule is CC(C)(C)OC(=O)N(c1ccc(/C=C/C(=O)O)cn1)[C@@H]1CCN(Cc2ccc(C(C)(C)C)cc2)C1. The van der Waals surface area contributed by atoms with Gasteiger partial charge in [-0.05, 0) is 67.5 Å². The van der Waals surface area contributed by atoms with Crippen LogP contribution in [0, 0.1) is 0 Å². The number of rotatable bonds is 6. The summed E-state index contributed by atoms with van der Waals surface area (Å²) in [5.74, 6) is -0.531. The van der Waals surface area contributed by atoms with Crippen LogP contribution in [-0.2, 0) is 21.5 Å². The van der Waals surface area contributed by atoms with Crippen molar-refractivity contribution in [2.45, 2.75) is 71.6 Å². The summed E-state index contributed by atoms with van der Waals surface area (Å²) in [4.78, 5) is 32.4. The summed E-state index contributed by atoms with van der Waals surface area (Å²) in [7, 11) is 0. The zero-order valence-corrected chi connectivity index (χ0v) is 21.6. The maximum atomic E-state index is 13.2. The largest absolute Gasteiger partial charge is 0.478 e. The molecule has 0 bridgehead atoms. The molecule has 35 heavy (non-hydrogen) atoms. The highest BCUT2D eigenvalue weighted by Crippen LogP contribution is 2.27. The fraction of sp³-hybridized carbons (Fsp3) is 0.464. The van der Waals surface area contributed by atoms with Crippen molar-refractivity contribution in [3.8, 4) is 0 Å². The number of anilines is 1. The number of amides is 1. The molecule has 1 atom stereocenters. The Kier molecular flexibility index (Phi) is 8.00. The van der Waals surface area contributed by atoms with Crippen molar-refractivity contribution in [1.29, 1.82) is 0 Å². The van der Waals surface area contributed by atoms with Gasteiger partial charge in [0.05, 0.1) is 6.04 Å². The molecule has 0 unspecified atom stereocenters. The first-order valence-electron chi connectivity index (χ1n) is 12.0. The first kappa shape index (κ1) is 26.4. The molecule has 0 radical (unpaired) electrons. The average molecular weight is 480 g/mol. The Hall–Kier alpha value is -3.19. The Morgan fingerprint density at radius 1 is 1.11 bits per heavy atom. The molecule has 2 aromatic rings. The number of carboxylic acids is 1. The molecule has 1 N–H and O–H groups in total. The summed E-state index contributed by atoms with van der Waals surface area (Å²) < 4.78 is 5.71. The van der Waals surface area contributed by atoms with E-state index in [1.807, 2.05) is 20.8 Å². The topological polar surface area (TPSA) is 83.0 Å². The highest BCUT2D eigenvalue weighted by atomic mass is 16.6. The van der Waals surface area contributed by atoms with E-state index in [1.54, 1.807) is 23.2 Å². The fourth-order valence-electron chi connectivity index (χ4n) is 4.08. The van der Waals surface area contributed by atoms with E-state index in [0.717, 1.165) is 25.6 Å². The molecule has 1 aliphatic rings. The molecular weight excluding hydrogens is 442 g/mol. The van der Waals surface area contributed by atoms with Crippen LogP contribution in [0.15, 0.2) is 48.7 Å². The van der Waals surface area contributed by atoms with Gasteiger partial charge < -0.3 is 9.84 Å². The number of likely N-dealkylation sites (tertiary alicyclic amines) is 1. The van der Waals surface area contributed by atoms with Gasteiger partial charge in [0, 0.05) is 31.9 Å². The number of carbonyl (C=O) groups is 2. The number of ether oxygens (including phenoxy) is 1. The van der Waals surface area contributed by atoms with Crippen molar-refractivity contribution >= 4 is 24.0 Å². The van der Waals surface area contributed by atoms with Gasteiger partial charge in [-0.15, -0.1) is 0 Å². The zero-order valence-electron chi connectivity index (χ0n) is 21.6. The van der Waals surface area contributed by atoms with E-state index in [9.17, 15) is 9.59 Å². The quantitative estimate of drug-likeness (QED) is 0.552. The van der Waals surface area contributed by atoms with Gasteiger partial charge >= 0.3 is 12.1 Å². The monoisotopic (exact) mass is 479 g/mol. The van der Waals surface area contributed by atoms with Crippen LogP contribution in [0.5, 0.6) is 0 Å². The second-order valence-electron chi connectivity index (χ2n) is 11.1. The highest BCUT2D eigenvalue weighted by molar-refractivity contribution is 5.88. The Morgan fingerprint density at radius 2 is 1.80 bits per heavy atom. The van der Waals surface area contributed by atoms with Gasteiger partial charge in [0.2, 0.25) is 0 Å². The average Bonchev–Trinajstić information content (AvgIpc) is 3.19. The first-order valence-corrected chi connectivity index (χ1v) is 12.0. The van der Waals surface area contributed by atoms with Crippen LogP contribution in [0.3, 0.4) is 0 Å². The van der Waals surface area contributed by atoms with E-state index in [0.29, 0.717) is 17.9 Å². The number of aromatic nitrogens is 1. The Labute approximate surface area is 208 Å². The fourth-order valence-corrected chi connectivity index (χ4v) is 4.08. The number of carbonyl (C=O) groups excluding carboxylic acids is 1. The van der Waals surface area contributed by atoms with Crippen molar-refractivity contribution in [1.82, 2.24) is 9.88 Å². The number of pyridine rings is 1. The smallest absolute Gasteiger partial charge is 0.416 e. The van der Waals surface area contributed by atoms with Crippen LogP contribution in [0.1, 0.15) is 64.7 Å². The lowest BCUT2D eigenvalue weighted by atomic mass is 9.87. The van der Waals surface area contributed by atoms with Gasteiger partial charge in [-0.2, -0.15) is 0 Å². The highest BCUT2D eigenvalue weighted by Gasteiger charge is 2.35. The van der Waals surface area contributed by atoms with E-state index in [-0.39, 0.29) is 11.5 Å². The molecule has 1 saturated heterocycles. The third-order valence-corrected chi connectivity index (χ3v) is 5.86. The molecule has 3 rings (SSSR count). The molecule has 0 aliphatic carbocycles. The second-order valence-corrected chi connectivity index (χ2v) is 11.1. The third-order valence-electron chi connectivity index (χ3n) is 5.86. The van der Waals surface area contributed by atoms with Crippen LogP contribution in [0.2, 0.25) is 0 Å². The molecule has 0 spiro atoms. The molecule has 1 aromatic carbocycles. The maximum absolute atomic E-state index is 13.2. The summed E-state index contributed by atoms with van der Waals surface area (Å²) in [6, 6.07) is 12.2. The van der Waals surface area contributed by atoms with Crippen LogP contribution in [0.25, 0.3) is 6.08 Å². The Bertz CT molecular complexity index is 1050. The lowest BCUT2D eigenvalue weighted by molar-refractivity contribution is -0.131. The number of hydrogen-bond acceptors (Lipinski definition) is 5. The van der Waals surface area contributed by atoms with Crippen LogP contribution in [-0.4, -0.2) is 51.8 Å². The number of benzene rings is 1. The number of carboxylic acid groups (broad SMARTS) is 1. The van der Waals surface area contributed by atoms with E-state index >= 15 is 0 Å². The molecular formula is C28H37N3O4. The van der Waals surface area contributed by atoms with Crippen LogP contribution in [0.4, 0.5) is 10.6 Å². The minimum atomic E-state index is -1.02. The molecule has 1 amide bonds. The predicted molar refractivity (Wildman–Crippen MR) is 138 cm³/mol. The zero-order chi connectivity index (χ0) is 25.8. The molecule has 0 saturated carbocycles. The van der Waals surface area contributed by atoms with Crippen LogP contribution < -0.4 is 4.90 Å². The molecule has 1 aliphatic heterocycles. The van der Waals surface area contributed by atoms with Crippen LogP contribution >= 0.6 is 0 Å². The maximum Gasteiger partial charge on any atom is 0.416 e. The predicted octanol–water partition coefficient (Wildman–Crippen LogP) is 5.49. The molecule has 7 heteroatoms. The van der Waals surface area contributed by atoms with E-state index < -0.39 is 17.7 Å². The van der Waals surface area contributed by atoms with Gasteiger partial charge in [-0.3, -0.25) is 9.80 Å². The van der Waals surface area contributed by atoms with Crippen molar-refractivity contribution in [3.05, 3.63) is 65.4 Å². The molecule has 1 aromatic heterocycles. The molecule has 1 fully saturated rings. The number of hydrogen-bond donors (Lipinski definition) is 1.